The fourth-order valence-electron chi connectivity index (χ4n) is 0.404. The maximum atomic E-state index is 3.76. The van der Waals surface area contributed by atoms with E-state index >= 15 is 0 Å². The second-order valence-corrected chi connectivity index (χ2v) is 2.58. The lowest BCUT2D eigenvalue weighted by Gasteiger charge is -1.91. The van der Waals surface area contributed by atoms with Gasteiger partial charge in [-0.25, -0.2) is 0 Å². The smallest absolute Gasteiger partial charge is 0.0286 e. The Morgan fingerprint density at radius 1 is 1.71 bits per heavy atom. The molecule has 0 rings (SSSR count). The predicted molar refractivity (Wildman–Crippen MR) is 38.4 cm³/mol. The Balaban J connectivity index is 2.82. The molecule has 0 heterocycles. The first-order valence-electron chi connectivity index (χ1n) is 2.70. The number of rotatable bonds is 3. The molecule has 0 bridgehead atoms. The fourth-order valence-corrected chi connectivity index (χ4v) is 0.608. The molecule has 0 aliphatic rings. The largest absolute Gasteiger partial charge is 0.111 e. The van der Waals surface area contributed by atoms with Crippen LogP contribution >= 0.6 is 9.24 Å². The van der Waals surface area contributed by atoms with Gasteiger partial charge in [0.05, 0.1) is 0 Å². The summed E-state index contributed by atoms with van der Waals surface area (Å²) in [6.07, 6.45) is 3.72. The second kappa shape index (κ2) is 4.33. The van der Waals surface area contributed by atoms with E-state index in [4.69, 9.17) is 0 Å². The SMILES string of the molecule is C=C(P)CCCC. The van der Waals surface area contributed by atoms with Gasteiger partial charge in [-0.1, -0.05) is 25.2 Å². The van der Waals surface area contributed by atoms with E-state index in [2.05, 4.69) is 22.7 Å². The Morgan fingerprint density at radius 2 is 2.29 bits per heavy atom. The molecule has 0 aromatic heterocycles. The minimum absolute atomic E-state index is 1.17. The van der Waals surface area contributed by atoms with Gasteiger partial charge in [-0.05, 0) is 12.8 Å². The number of allylic oxidation sites excluding steroid dienone is 1. The molecule has 0 spiro atoms. The molecule has 0 aromatic rings. The monoisotopic (exact) mass is 116 g/mol. The third-order valence-electron chi connectivity index (χ3n) is 0.851. The van der Waals surface area contributed by atoms with Crippen LogP contribution in [0.5, 0.6) is 0 Å². The van der Waals surface area contributed by atoms with Crippen LogP contribution in [0.15, 0.2) is 11.9 Å². The van der Waals surface area contributed by atoms with Crippen LogP contribution in [-0.2, 0) is 0 Å². The maximum absolute atomic E-state index is 3.76. The van der Waals surface area contributed by atoms with E-state index in [0.29, 0.717) is 0 Å². The van der Waals surface area contributed by atoms with Gasteiger partial charge in [0.1, 0.15) is 0 Å². The quantitative estimate of drug-likeness (QED) is 0.497. The Kier molecular flexibility index (Phi) is 4.44. The molecular weight excluding hydrogens is 103 g/mol. The highest BCUT2D eigenvalue weighted by Crippen LogP contribution is 2.10. The first-order valence-corrected chi connectivity index (χ1v) is 3.28. The zero-order valence-electron chi connectivity index (χ0n) is 4.91. The summed E-state index contributed by atoms with van der Waals surface area (Å²) in [6, 6.07) is 0. The third-order valence-corrected chi connectivity index (χ3v) is 1.14. The summed E-state index contributed by atoms with van der Waals surface area (Å²) in [6.45, 7) is 5.94. The normalized spacial score (nSPS) is 8.86. The van der Waals surface area contributed by atoms with Crippen molar-refractivity contribution in [3.63, 3.8) is 0 Å². The summed E-state index contributed by atoms with van der Waals surface area (Å²) < 4.78 is 0. The molecule has 0 aromatic carbocycles. The molecule has 0 fully saturated rings. The fraction of sp³-hybridized carbons (Fsp3) is 0.667. The van der Waals surface area contributed by atoms with Crippen LogP contribution in [0.3, 0.4) is 0 Å². The molecule has 0 aliphatic carbocycles. The molecule has 0 radical (unpaired) electrons. The average molecular weight is 116 g/mol. The lowest BCUT2D eigenvalue weighted by atomic mass is 10.2. The molecular formula is C6H13P. The van der Waals surface area contributed by atoms with Gasteiger partial charge >= 0.3 is 0 Å². The molecule has 0 saturated carbocycles. The third kappa shape index (κ3) is 6.17. The summed E-state index contributed by atoms with van der Waals surface area (Å²) >= 11 is 0. The van der Waals surface area contributed by atoms with Gasteiger partial charge < -0.3 is 0 Å². The van der Waals surface area contributed by atoms with Crippen LogP contribution in [0.4, 0.5) is 0 Å². The van der Waals surface area contributed by atoms with Crippen LogP contribution in [0, 0.1) is 0 Å². The number of hydrogen-bond donors (Lipinski definition) is 0. The molecule has 1 unspecified atom stereocenters. The van der Waals surface area contributed by atoms with Crippen LogP contribution in [0.25, 0.3) is 0 Å². The molecule has 1 atom stereocenters. The summed E-state index contributed by atoms with van der Waals surface area (Å²) in [5.74, 6) is 0. The average Bonchev–Trinajstić information content (AvgIpc) is 1.61. The predicted octanol–water partition coefficient (Wildman–Crippen LogP) is 2.57. The number of unbranched alkanes of at least 4 members (excludes halogenated alkanes) is 1. The van der Waals surface area contributed by atoms with Crippen LogP contribution in [0.1, 0.15) is 26.2 Å². The number of hydrogen-bond acceptors (Lipinski definition) is 0. The minimum atomic E-state index is 1.17. The van der Waals surface area contributed by atoms with Crippen molar-refractivity contribution in [3.8, 4) is 0 Å². The highest BCUT2D eigenvalue weighted by molar-refractivity contribution is 7.22. The molecule has 1 heteroatoms. The van der Waals surface area contributed by atoms with E-state index in [1.807, 2.05) is 0 Å². The standard InChI is InChI=1S/C6H13P/c1-3-4-5-6(2)7/h2-5,7H2,1H3. The highest BCUT2D eigenvalue weighted by Gasteiger charge is 1.81. The van der Waals surface area contributed by atoms with Gasteiger partial charge in [0.15, 0.2) is 0 Å². The van der Waals surface area contributed by atoms with Gasteiger partial charge in [-0.3, -0.25) is 0 Å². The summed E-state index contributed by atoms with van der Waals surface area (Å²) in [7, 11) is 2.61. The van der Waals surface area contributed by atoms with Gasteiger partial charge in [-0.2, -0.15) is 0 Å². The van der Waals surface area contributed by atoms with Crippen molar-refractivity contribution in [2.45, 2.75) is 26.2 Å². The van der Waals surface area contributed by atoms with Crippen LogP contribution < -0.4 is 0 Å². The Bertz CT molecular complexity index is 57.2. The highest BCUT2D eigenvalue weighted by atomic mass is 31.0. The van der Waals surface area contributed by atoms with Crippen molar-refractivity contribution in [2.75, 3.05) is 0 Å². The lowest BCUT2D eigenvalue weighted by molar-refractivity contribution is 0.810. The summed E-state index contributed by atoms with van der Waals surface area (Å²) in [4.78, 5) is 0. The second-order valence-electron chi connectivity index (χ2n) is 1.76. The van der Waals surface area contributed by atoms with Gasteiger partial charge in [0.25, 0.3) is 0 Å². The topological polar surface area (TPSA) is 0 Å². The van der Waals surface area contributed by atoms with Crippen molar-refractivity contribution in [2.24, 2.45) is 0 Å². The van der Waals surface area contributed by atoms with Crippen molar-refractivity contribution in [1.82, 2.24) is 0 Å². The molecule has 0 N–H and O–H groups in total. The Morgan fingerprint density at radius 3 is 2.43 bits per heavy atom. The van der Waals surface area contributed by atoms with Gasteiger partial charge in [0, 0.05) is 0 Å². The molecule has 0 amide bonds. The summed E-state index contributed by atoms with van der Waals surface area (Å²) in [5, 5.41) is 1.22. The zero-order valence-corrected chi connectivity index (χ0v) is 6.06. The lowest BCUT2D eigenvalue weighted by Crippen LogP contribution is -1.68. The molecule has 0 aliphatic heterocycles. The van der Waals surface area contributed by atoms with E-state index in [-0.39, 0.29) is 0 Å². The van der Waals surface area contributed by atoms with E-state index in [9.17, 15) is 0 Å². The molecule has 0 saturated heterocycles. The Labute approximate surface area is 48.2 Å². The zero-order chi connectivity index (χ0) is 5.70. The van der Waals surface area contributed by atoms with Crippen molar-refractivity contribution in [3.05, 3.63) is 11.9 Å². The maximum Gasteiger partial charge on any atom is -0.0286 e. The van der Waals surface area contributed by atoms with Gasteiger partial charge in [-0.15, -0.1) is 9.24 Å². The first-order chi connectivity index (χ1) is 3.27. The van der Waals surface area contributed by atoms with Crippen molar-refractivity contribution in [1.29, 1.82) is 0 Å². The Hall–Kier alpha value is 0.170. The molecule has 0 nitrogen and oxygen atoms in total. The van der Waals surface area contributed by atoms with Crippen LogP contribution in [-0.4, -0.2) is 0 Å². The van der Waals surface area contributed by atoms with Gasteiger partial charge in [0.2, 0.25) is 0 Å². The van der Waals surface area contributed by atoms with E-state index < -0.39 is 0 Å². The van der Waals surface area contributed by atoms with Crippen LogP contribution in [0.2, 0.25) is 0 Å². The minimum Gasteiger partial charge on any atom is -0.111 e. The van der Waals surface area contributed by atoms with E-state index in [0.717, 1.165) is 0 Å². The molecule has 42 valence electrons. The molecule has 7 heavy (non-hydrogen) atoms. The van der Waals surface area contributed by atoms with Crippen molar-refractivity contribution < 1.29 is 0 Å². The summed E-state index contributed by atoms with van der Waals surface area (Å²) in [5.41, 5.74) is 0. The van der Waals surface area contributed by atoms with E-state index in [1.165, 1.54) is 24.6 Å². The van der Waals surface area contributed by atoms with Crippen molar-refractivity contribution >= 4 is 9.24 Å². The van der Waals surface area contributed by atoms with E-state index in [1.54, 1.807) is 0 Å². The first kappa shape index (κ1) is 7.17.